The third kappa shape index (κ3) is 5.99. The average Bonchev–Trinajstić information content (AvgIpc) is 2.57. The molecular formula is C18H19Cl3N2O2. The largest absolute Gasteiger partial charge is 0.491 e. The van der Waals surface area contributed by atoms with Crippen molar-refractivity contribution in [3.63, 3.8) is 0 Å². The van der Waals surface area contributed by atoms with E-state index < -0.39 is 0 Å². The van der Waals surface area contributed by atoms with Crippen LogP contribution in [-0.4, -0.2) is 18.6 Å². The summed E-state index contributed by atoms with van der Waals surface area (Å²) in [5.74, 6) is 0.496. The molecule has 134 valence electrons. The number of nitrogens with one attached hydrogen (secondary N) is 2. The van der Waals surface area contributed by atoms with Crippen LogP contribution in [0.4, 0.5) is 11.4 Å². The predicted octanol–water partition coefficient (Wildman–Crippen LogP) is 5.87. The summed E-state index contributed by atoms with van der Waals surface area (Å²) in [6.45, 7) is 4.08. The molecule has 25 heavy (non-hydrogen) atoms. The van der Waals surface area contributed by atoms with Crippen LogP contribution in [0.5, 0.6) is 5.75 Å². The molecule has 0 saturated heterocycles. The van der Waals surface area contributed by atoms with Crippen molar-refractivity contribution in [2.75, 3.05) is 17.2 Å². The van der Waals surface area contributed by atoms with Crippen LogP contribution in [0.25, 0.3) is 0 Å². The van der Waals surface area contributed by atoms with Gasteiger partial charge in [-0.3, -0.25) is 4.79 Å². The number of rotatable bonds is 7. The lowest BCUT2D eigenvalue weighted by molar-refractivity contribution is -0.114. The summed E-state index contributed by atoms with van der Waals surface area (Å²) in [6.07, 6.45) is 1.02. The first-order chi connectivity index (χ1) is 11.9. The maximum absolute atomic E-state index is 12.1. The first-order valence-electron chi connectivity index (χ1n) is 7.84. The number of hydrogen-bond acceptors (Lipinski definition) is 3. The Labute approximate surface area is 162 Å². The van der Waals surface area contributed by atoms with Gasteiger partial charge < -0.3 is 15.4 Å². The Morgan fingerprint density at radius 2 is 1.84 bits per heavy atom. The highest BCUT2D eigenvalue weighted by Crippen LogP contribution is 2.32. The minimum absolute atomic E-state index is 0.0358. The fourth-order valence-electron chi connectivity index (χ4n) is 2.00. The van der Waals surface area contributed by atoms with Gasteiger partial charge in [0.25, 0.3) is 0 Å². The molecule has 2 rings (SSSR count). The number of hydrogen-bond donors (Lipinski definition) is 2. The van der Waals surface area contributed by atoms with E-state index in [0.29, 0.717) is 32.2 Å². The lowest BCUT2D eigenvalue weighted by Gasteiger charge is -2.14. The maximum Gasteiger partial charge on any atom is 0.243 e. The van der Waals surface area contributed by atoms with Crippen LogP contribution in [0.15, 0.2) is 36.4 Å². The lowest BCUT2D eigenvalue weighted by atomic mass is 10.2. The van der Waals surface area contributed by atoms with E-state index in [4.69, 9.17) is 39.5 Å². The van der Waals surface area contributed by atoms with Gasteiger partial charge in [0, 0.05) is 11.8 Å². The highest BCUT2D eigenvalue weighted by Gasteiger charge is 2.09. The SMILES string of the molecule is CCC(C)Oc1cccc(NC(=O)CNc2cc(Cl)c(Cl)cc2Cl)c1. The minimum Gasteiger partial charge on any atom is -0.491 e. The predicted molar refractivity (Wildman–Crippen MR) is 105 cm³/mol. The van der Waals surface area contributed by atoms with Gasteiger partial charge in [-0.05, 0) is 37.6 Å². The van der Waals surface area contributed by atoms with Crippen LogP contribution in [0.1, 0.15) is 20.3 Å². The summed E-state index contributed by atoms with van der Waals surface area (Å²) in [7, 11) is 0. The average molecular weight is 402 g/mol. The Morgan fingerprint density at radius 1 is 1.12 bits per heavy atom. The maximum atomic E-state index is 12.1. The van der Waals surface area contributed by atoms with Crippen molar-refractivity contribution in [1.29, 1.82) is 0 Å². The third-order valence-corrected chi connectivity index (χ3v) is 4.51. The van der Waals surface area contributed by atoms with Gasteiger partial charge in [0.1, 0.15) is 5.75 Å². The van der Waals surface area contributed by atoms with E-state index in [0.717, 1.165) is 6.42 Å². The Balaban J connectivity index is 1.94. The monoisotopic (exact) mass is 400 g/mol. The summed E-state index contributed by atoms with van der Waals surface area (Å²) in [4.78, 5) is 12.1. The van der Waals surface area contributed by atoms with Gasteiger partial charge in [0.05, 0.1) is 33.4 Å². The summed E-state index contributed by atoms with van der Waals surface area (Å²) < 4.78 is 5.74. The Kier molecular flexibility index (Phi) is 7.24. The summed E-state index contributed by atoms with van der Waals surface area (Å²) in [5, 5.41) is 6.86. The number of carbonyl (C=O) groups excluding carboxylic acids is 1. The molecule has 4 nitrogen and oxygen atoms in total. The molecule has 2 N–H and O–H groups in total. The zero-order valence-electron chi connectivity index (χ0n) is 13.9. The summed E-state index contributed by atoms with van der Waals surface area (Å²) in [5.41, 5.74) is 1.20. The van der Waals surface area contributed by atoms with Gasteiger partial charge in [0.2, 0.25) is 5.91 Å². The molecule has 1 amide bonds. The Hall–Kier alpha value is -1.62. The Bertz CT molecular complexity index is 753. The van der Waals surface area contributed by atoms with Gasteiger partial charge >= 0.3 is 0 Å². The van der Waals surface area contributed by atoms with E-state index in [9.17, 15) is 4.79 Å². The van der Waals surface area contributed by atoms with Crippen LogP contribution in [0.2, 0.25) is 15.1 Å². The molecule has 0 bridgehead atoms. The first kappa shape index (κ1) is 19.7. The lowest BCUT2D eigenvalue weighted by Crippen LogP contribution is -2.22. The van der Waals surface area contributed by atoms with E-state index in [1.807, 2.05) is 19.1 Å². The second-order valence-corrected chi connectivity index (χ2v) is 6.73. The highest BCUT2D eigenvalue weighted by molar-refractivity contribution is 6.44. The van der Waals surface area contributed by atoms with Crippen molar-refractivity contribution in [1.82, 2.24) is 0 Å². The van der Waals surface area contributed by atoms with Crippen molar-refractivity contribution < 1.29 is 9.53 Å². The first-order valence-corrected chi connectivity index (χ1v) is 8.97. The second-order valence-electron chi connectivity index (χ2n) is 5.51. The molecular weight excluding hydrogens is 383 g/mol. The minimum atomic E-state index is -0.220. The molecule has 0 aromatic heterocycles. The molecule has 0 aliphatic heterocycles. The smallest absolute Gasteiger partial charge is 0.243 e. The van der Waals surface area contributed by atoms with Crippen LogP contribution in [0.3, 0.4) is 0 Å². The zero-order valence-corrected chi connectivity index (χ0v) is 16.2. The standard InChI is InChI=1S/C18H19Cl3N2O2/c1-3-11(2)25-13-6-4-5-12(7-13)23-18(24)10-22-17-9-15(20)14(19)8-16(17)21/h4-9,11,22H,3,10H2,1-2H3,(H,23,24). The number of anilines is 2. The molecule has 0 fully saturated rings. The van der Waals surface area contributed by atoms with Crippen molar-refractivity contribution >= 4 is 52.1 Å². The number of benzene rings is 2. The van der Waals surface area contributed by atoms with Gasteiger partial charge in [-0.25, -0.2) is 0 Å². The molecule has 7 heteroatoms. The van der Waals surface area contributed by atoms with E-state index in [1.165, 1.54) is 6.07 Å². The van der Waals surface area contributed by atoms with Crippen LogP contribution in [0, 0.1) is 0 Å². The fraction of sp³-hybridized carbons (Fsp3) is 0.278. The molecule has 0 aliphatic rings. The summed E-state index contributed by atoms with van der Waals surface area (Å²) in [6, 6.07) is 10.4. The van der Waals surface area contributed by atoms with E-state index >= 15 is 0 Å². The van der Waals surface area contributed by atoms with Gasteiger partial charge in [-0.15, -0.1) is 0 Å². The van der Waals surface area contributed by atoms with Crippen molar-refractivity contribution in [2.24, 2.45) is 0 Å². The normalized spacial score (nSPS) is 11.7. The van der Waals surface area contributed by atoms with Crippen LogP contribution >= 0.6 is 34.8 Å². The van der Waals surface area contributed by atoms with Crippen LogP contribution < -0.4 is 15.4 Å². The van der Waals surface area contributed by atoms with E-state index in [1.54, 1.807) is 18.2 Å². The number of halogens is 3. The molecule has 2 aromatic carbocycles. The molecule has 1 unspecified atom stereocenters. The zero-order chi connectivity index (χ0) is 18.4. The molecule has 0 radical (unpaired) electrons. The highest BCUT2D eigenvalue weighted by atomic mass is 35.5. The van der Waals surface area contributed by atoms with E-state index in [2.05, 4.69) is 17.6 Å². The van der Waals surface area contributed by atoms with Crippen LogP contribution in [-0.2, 0) is 4.79 Å². The number of ether oxygens (including phenoxy) is 1. The third-order valence-electron chi connectivity index (χ3n) is 3.48. The molecule has 1 atom stereocenters. The number of carbonyl (C=O) groups is 1. The fourth-order valence-corrected chi connectivity index (χ4v) is 2.62. The number of amides is 1. The molecule has 2 aromatic rings. The van der Waals surface area contributed by atoms with Gasteiger partial charge in [-0.2, -0.15) is 0 Å². The van der Waals surface area contributed by atoms with Crippen molar-refractivity contribution in [3.8, 4) is 5.75 Å². The summed E-state index contributed by atoms with van der Waals surface area (Å²) >= 11 is 17.9. The van der Waals surface area contributed by atoms with Crippen molar-refractivity contribution in [3.05, 3.63) is 51.5 Å². The molecule has 0 saturated carbocycles. The quantitative estimate of drug-likeness (QED) is 0.570. The van der Waals surface area contributed by atoms with Crippen molar-refractivity contribution in [2.45, 2.75) is 26.4 Å². The molecule has 0 aliphatic carbocycles. The van der Waals surface area contributed by atoms with Gasteiger partial charge in [-0.1, -0.05) is 47.8 Å². The second kappa shape index (κ2) is 9.18. The molecule has 0 heterocycles. The van der Waals surface area contributed by atoms with E-state index in [-0.39, 0.29) is 18.6 Å². The Morgan fingerprint density at radius 3 is 2.56 bits per heavy atom. The molecule has 0 spiro atoms. The topological polar surface area (TPSA) is 50.4 Å². The van der Waals surface area contributed by atoms with Gasteiger partial charge in [0.15, 0.2) is 0 Å².